The van der Waals surface area contributed by atoms with Crippen LogP contribution in [0.3, 0.4) is 0 Å². The number of halogens is 3. The fraction of sp³-hybridized carbons (Fsp3) is 0.167. The molecule has 1 heterocycles. The van der Waals surface area contributed by atoms with Gasteiger partial charge >= 0.3 is 0 Å². The average molecular weight is 396 g/mol. The van der Waals surface area contributed by atoms with Crippen molar-refractivity contribution >= 4 is 60.5 Å². The molecule has 0 saturated carbocycles. The predicted octanol–water partition coefficient (Wildman–Crippen LogP) is 6.10. The lowest BCUT2D eigenvalue weighted by atomic mass is 10.2. The lowest BCUT2D eigenvalue weighted by molar-refractivity contribution is 0.908. The first-order valence-electron chi connectivity index (χ1n) is 5.03. The molecule has 1 N–H and O–H groups in total. The second-order valence-corrected chi connectivity index (χ2v) is 7.45. The van der Waals surface area contributed by atoms with Gasteiger partial charge in [-0.05, 0) is 53.2 Å². The Kier molecular flexibility index (Phi) is 4.53. The maximum atomic E-state index is 6.14. The van der Waals surface area contributed by atoms with E-state index in [1.807, 2.05) is 18.2 Å². The zero-order valence-electron chi connectivity index (χ0n) is 9.01. The topological polar surface area (TPSA) is 12.0 Å². The molecule has 0 radical (unpaired) electrons. The third kappa shape index (κ3) is 3.47. The minimum Gasteiger partial charge on any atom is -0.376 e. The number of benzene rings is 1. The van der Waals surface area contributed by atoms with Gasteiger partial charge in [0, 0.05) is 9.35 Å². The molecule has 0 aliphatic carbocycles. The summed E-state index contributed by atoms with van der Waals surface area (Å²) in [6.07, 6.45) is 0. The summed E-state index contributed by atoms with van der Waals surface area (Å²) in [4.78, 5) is 1.27. The van der Waals surface area contributed by atoms with Gasteiger partial charge in [-0.2, -0.15) is 0 Å². The van der Waals surface area contributed by atoms with Gasteiger partial charge in [0.1, 0.15) is 0 Å². The summed E-state index contributed by atoms with van der Waals surface area (Å²) < 4.78 is 2.16. The van der Waals surface area contributed by atoms with Crippen LogP contribution in [0.15, 0.2) is 38.6 Å². The van der Waals surface area contributed by atoms with Gasteiger partial charge < -0.3 is 5.32 Å². The summed E-state index contributed by atoms with van der Waals surface area (Å²) in [7, 11) is 0. The van der Waals surface area contributed by atoms with Crippen LogP contribution in [-0.4, -0.2) is 0 Å². The molecule has 1 nitrogen and oxygen atoms in total. The van der Waals surface area contributed by atoms with E-state index >= 15 is 0 Å². The van der Waals surface area contributed by atoms with Crippen molar-refractivity contribution in [1.82, 2.24) is 0 Å². The first kappa shape index (κ1) is 13.4. The quantitative estimate of drug-likeness (QED) is 0.662. The highest BCUT2D eigenvalue weighted by Gasteiger charge is 2.10. The number of nitrogens with one attached hydrogen (secondary N) is 1. The molecular weight excluding hydrogens is 385 g/mol. The number of thiophene rings is 1. The summed E-state index contributed by atoms with van der Waals surface area (Å²) in [6, 6.07) is 10.2. The molecule has 0 spiro atoms. The smallest absolute Gasteiger partial charge is 0.0702 e. The molecule has 0 fully saturated rings. The first-order valence-corrected chi connectivity index (χ1v) is 7.81. The molecule has 1 aromatic carbocycles. The highest BCUT2D eigenvalue weighted by molar-refractivity contribution is 9.11. The summed E-state index contributed by atoms with van der Waals surface area (Å²) in [6.45, 7) is 2.12. The molecule has 1 aromatic heterocycles. The molecule has 0 saturated heterocycles. The van der Waals surface area contributed by atoms with E-state index < -0.39 is 0 Å². The van der Waals surface area contributed by atoms with E-state index in [4.69, 9.17) is 11.6 Å². The second kappa shape index (κ2) is 5.74. The van der Waals surface area contributed by atoms with Crippen molar-refractivity contribution in [2.24, 2.45) is 0 Å². The average Bonchev–Trinajstić information content (AvgIpc) is 2.70. The molecule has 1 unspecified atom stereocenters. The van der Waals surface area contributed by atoms with E-state index in [1.54, 1.807) is 11.3 Å². The van der Waals surface area contributed by atoms with E-state index in [0.29, 0.717) is 0 Å². The predicted molar refractivity (Wildman–Crippen MR) is 83.2 cm³/mol. The zero-order chi connectivity index (χ0) is 12.4. The van der Waals surface area contributed by atoms with E-state index in [0.717, 1.165) is 19.0 Å². The Morgan fingerprint density at radius 1 is 1.24 bits per heavy atom. The van der Waals surface area contributed by atoms with Crippen molar-refractivity contribution in [2.45, 2.75) is 13.0 Å². The molecule has 1 atom stereocenters. The van der Waals surface area contributed by atoms with Crippen LogP contribution in [0, 0.1) is 0 Å². The van der Waals surface area contributed by atoms with E-state index in [9.17, 15) is 0 Å². The minimum absolute atomic E-state index is 0.234. The van der Waals surface area contributed by atoms with Crippen LogP contribution in [0.4, 0.5) is 5.69 Å². The van der Waals surface area contributed by atoms with Crippen LogP contribution >= 0.6 is 54.8 Å². The Labute approximate surface area is 126 Å². The van der Waals surface area contributed by atoms with Crippen LogP contribution in [0.2, 0.25) is 5.02 Å². The largest absolute Gasteiger partial charge is 0.376 e. The summed E-state index contributed by atoms with van der Waals surface area (Å²) >= 11 is 14.8. The van der Waals surface area contributed by atoms with E-state index in [2.05, 4.69) is 56.2 Å². The van der Waals surface area contributed by atoms with Crippen LogP contribution in [0.25, 0.3) is 0 Å². The second-order valence-electron chi connectivity index (χ2n) is 3.63. The van der Waals surface area contributed by atoms with Crippen LogP contribution in [-0.2, 0) is 0 Å². The lowest BCUT2D eigenvalue weighted by Gasteiger charge is -2.15. The molecule has 2 rings (SSSR count). The van der Waals surface area contributed by atoms with E-state index in [1.165, 1.54) is 4.88 Å². The Hall–Kier alpha value is -0.0300. The highest BCUT2D eigenvalue weighted by atomic mass is 79.9. The number of hydrogen-bond donors (Lipinski definition) is 1. The standard InChI is InChI=1S/C12H10Br2ClNS/c1-7(11-4-5-12(14)17-11)16-10-6-8(13)2-3-9(10)15/h2-7,16H,1H3. The van der Waals surface area contributed by atoms with Crippen molar-refractivity contribution in [3.05, 3.63) is 48.5 Å². The highest BCUT2D eigenvalue weighted by Crippen LogP contribution is 2.32. The molecular formula is C12H10Br2ClNS. The van der Waals surface area contributed by atoms with Gasteiger partial charge in [0.25, 0.3) is 0 Å². The summed E-state index contributed by atoms with van der Waals surface area (Å²) in [5.74, 6) is 0. The number of anilines is 1. The normalized spacial score (nSPS) is 12.5. The molecule has 2 aromatic rings. The monoisotopic (exact) mass is 393 g/mol. The fourth-order valence-electron chi connectivity index (χ4n) is 1.47. The van der Waals surface area contributed by atoms with Crippen molar-refractivity contribution in [3.8, 4) is 0 Å². The van der Waals surface area contributed by atoms with Crippen molar-refractivity contribution in [3.63, 3.8) is 0 Å². The van der Waals surface area contributed by atoms with Gasteiger partial charge in [0.15, 0.2) is 0 Å². The van der Waals surface area contributed by atoms with Crippen LogP contribution in [0.5, 0.6) is 0 Å². The van der Waals surface area contributed by atoms with Crippen molar-refractivity contribution in [1.29, 1.82) is 0 Å². The van der Waals surface area contributed by atoms with Gasteiger partial charge in [0.2, 0.25) is 0 Å². The molecule has 0 amide bonds. The van der Waals surface area contributed by atoms with Gasteiger partial charge in [0.05, 0.1) is 20.5 Å². The Bertz CT molecular complexity index is 527. The molecule has 0 aliphatic heterocycles. The molecule has 90 valence electrons. The van der Waals surface area contributed by atoms with Crippen LogP contribution < -0.4 is 5.32 Å². The van der Waals surface area contributed by atoms with Gasteiger partial charge in [-0.15, -0.1) is 11.3 Å². The first-order chi connectivity index (χ1) is 8.06. The maximum Gasteiger partial charge on any atom is 0.0702 e. The maximum absolute atomic E-state index is 6.14. The molecule has 0 aliphatic rings. The fourth-order valence-corrected chi connectivity index (χ4v) is 3.43. The number of rotatable bonds is 3. The Balaban J connectivity index is 2.18. The molecule has 0 bridgehead atoms. The Morgan fingerprint density at radius 2 is 2.00 bits per heavy atom. The van der Waals surface area contributed by atoms with E-state index in [-0.39, 0.29) is 6.04 Å². The van der Waals surface area contributed by atoms with Crippen LogP contribution in [0.1, 0.15) is 17.8 Å². The van der Waals surface area contributed by atoms with Gasteiger partial charge in [-0.3, -0.25) is 0 Å². The SMILES string of the molecule is CC(Nc1cc(Br)ccc1Cl)c1ccc(Br)s1. The molecule has 5 heteroatoms. The zero-order valence-corrected chi connectivity index (χ0v) is 13.8. The van der Waals surface area contributed by atoms with Gasteiger partial charge in [-0.1, -0.05) is 27.5 Å². The third-order valence-corrected chi connectivity index (χ3v) is 4.95. The number of hydrogen-bond acceptors (Lipinski definition) is 2. The third-order valence-electron chi connectivity index (χ3n) is 2.32. The summed E-state index contributed by atoms with van der Waals surface area (Å²) in [5, 5.41) is 4.14. The van der Waals surface area contributed by atoms with Crippen molar-refractivity contribution in [2.75, 3.05) is 5.32 Å². The van der Waals surface area contributed by atoms with Crippen molar-refractivity contribution < 1.29 is 0 Å². The minimum atomic E-state index is 0.234. The Morgan fingerprint density at radius 3 is 2.65 bits per heavy atom. The summed E-state index contributed by atoms with van der Waals surface area (Å²) in [5.41, 5.74) is 0.943. The van der Waals surface area contributed by atoms with Gasteiger partial charge in [-0.25, -0.2) is 0 Å². The molecule has 17 heavy (non-hydrogen) atoms. The lowest BCUT2D eigenvalue weighted by Crippen LogP contribution is -2.05.